The van der Waals surface area contributed by atoms with E-state index in [0.29, 0.717) is 0 Å². The summed E-state index contributed by atoms with van der Waals surface area (Å²) in [7, 11) is 0. The van der Waals surface area contributed by atoms with Crippen molar-refractivity contribution in [3.63, 3.8) is 0 Å². The topological polar surface area (TPSA) is 203 Å². The maximum atomic E-state index is 13.0. The smallest absolute Gasteiger partial charge is 0.264 e. The number of hydrogen-bond donors (Lipinski definition) is 6. The summed E-state index contributed by atoms with van der Waals surface area (Å²) >= 11 is 0. The van der Waals surface area contributed by atoms with Crippen LogP contribution in [0.3, 0.4) is 0 Å². The largest absolute Gasteiger partial charge is 0.387 e. The van der Waals surface area contributed by atoms with Crippen LogP contribution in [0.25, 0.3) is 0 Å². The Morgan fingerprint density at radius 2 is 1.75 bits per heavy atom. The van der Waals surface area contributed by atoms with Crippen molar-refractivity contribution in [1.82, 2.24) is 10.2 Å². The standard InChI is InChI=1S/C19H19N3O10/c23-9-5-4-8(15(27)21-9)22-17(29)6-2-1-3-7(10(6)18(22)30)20-16(28)14-12(25)11(24)13(26)19(31)32-14/h1-3,8,11-14,19,24-26,31H,4-5H2,(H,20,28)(H,21,23,27). The van der Waals surface area contributed by atoms with Crippen molar-refractivity contribution in [2.75, 3.05) is 5.32 Å². The zero-order valence-corrected chi connectivity index (χ0v) is 16.3. The first-order valence-electron chi connectivity index (χ1n) is 9.65. The molecule has 0 aromatic heterocycles. The highest BCUT2D eigenvalue weighted by Crippen LogP contribution is 2.33. The molecule has 2 fully saturated rings. The number of fused-ring (bicyclic) bond motifs is 1. The lowest BCUT2D eigenvalue weighted by molar-refractivity contribution is -0.274. The minimum atomic E-state index is -1.95. The number of rotatable bonds is 3. The molecule has 13 heteroatoms. The van der Waals surface area contributed by atoms with Gasteiger partial charge >= 0.3 is 0 Å². The molecule has 170 valence electrons. The van der Waals surface area contributed by atoms with Crippen molar-refractivity contribution in [2.24, 2.45) is 0 Å². The molecule has 1 aromatic carbocycles. The molecular weight excluding hydrogens is 430 g/mol. The van der Waals surface area contributed by atoms with E-state index < -0.39 is 66.3 Å². The van der Waals surface area contributed by atoms with E-state index in [1.54, 1.807) is 0 Å². The first-order chi connectivity index (χ1) is 15.1. The Kier molecular flexibility index (Phi) is 5.52. The fourth-order valence-corrected chi connectivity index (χ4v) is 3.90. The number of aliphatic hydroxyl groups excluding tert-OH is 4. The van der Waals surface area contributed by atoms with Gasteiger partial charge in [0.15, 0.2) is 12.4 Å². The van der Waals surface area contributed by atoms with Crippen LogP contribution in [0.1, 0.15) is 33.6 Å². The van der Waals surface area contributed by atoms with Gasteiger partial charge in [0.05, 0.1) is 16.8 Å². The Hall–Kier alpha value is -3.23. The number of aliphatic hydroxyl groups is 4. The van der Waals surface area contributed by atoms with Gasteiger partial charge in [-0.25, -0.2) is 0 Å². The molecule has 0 spiro atoms. The lowest BCUT2D eigenvalue weighted by Gasteiger charge is -2.37. The summed E-state index contributed by atoms with van der Waals surface area (Å²) in [5, 5.41) is 43.3. The number of nitrogens with one attached hydrogen (secondary N) is 2. The van der Waals surface area contributed by atoms with Gasteiger partial charge in [-0.3, -0.25) is 34.2 Å². The van der Waals surface area contributed by atoms with E-state index in [2.05, 4.69) is 10.6 Å². The molecule has 4 rings (SSSR count). The van der Waals surface area contributed by atoms with Gasteiger partial charge in [-0.1, -0.05) is 6.07 Å². The third-order valence-electron chi connectivity index (χ3n) is 5.57. The van der Waals surface area contributed by atoms with Gasteiger partial charge in [-0.05, 0) is 18.6 Å². The highest BCUT2D eigenvalue weighted by Gasteiger charge is 2.48. The van der Waals surface area contributed by atoms with Crippen LogP contribution in [0.2, 0.25) is 0 Å². The quantitative estimate of drug-likeness (QED) is 0.255. The predicted octanol–water partition coefficient (Wildman–Crippen LogP) is -3.17. The van der Waals surface area contributed by atoms with Crippen LogP contribution in [0.15, 0.2) is 18.2 Å². The highest BCUT2D eigenvalue weighted by molar-refractivity contribution is 6.26. The highest BCUT2D eigenvalue weighted by atomic mass is 16.6. The average molecular weight is 449 g/mol. The number of benzene rings is 1. The van der Waals surface area contributed by atoms with Crippen molar-refractivity contribution >= 4 is 35.2 Å². The lowest BCUT2D eigenvalue weighted by atomic mass is 9.98. The van der Waals surface area contributed by atoms with E-state index in [1.807, 2.05) is 0 Å². The summed E-state index contributed by atoms with van der Waals surface area (Å²) in [5.74, 6) is -4.01. The number of carbonyl (C=O) groups excluding carboxylic acids is 5. The molecule has 0 saturated carbocycles. The van der Waals surface area contributed by atoms with Gasteiger partial charge in [-0.15, -0.1) is 0 Å². The molecule has 3 aliphatic heterocycles. The van der Waals surface area contributed by atoms with Crippen LogP contribution in [0.5, 0.6) is 0 Å². The third kappa shape index (κ3) is 3.45. The number of anilines is 1. The number of piperidine rings is 1. The molecular formula is C19H19N3O10. The van der Waals surface area contributed by atoms with Crippen LogP contribution >= 0.6 is 0 Å². The van der Waals surface area contributed by atoms with E-state index in [9.17, 15) is 44.4 Å². The molecule has 3 heterocycles. The predicted molar refractivity (Wildman–Crippen MR) is 101 cm³/mol. The third-order valence-corrected chi connectivity index (χ3v) is 5.57. The van der Waals surface area contributed by atoms with Gasteiger partial charge < -0.3 is 30.5 Å². The Morgan fingerprint density at radius 3 is 2.44 bits per heavy atom. The monoisotopic (exact) mass is 449 g/mol. The number of amides is 5. The Balaban J connectivity index is 1.59. The van der Waals surface area contributed by atoms with E-state index in [-0.39, 0.29) is 29.7 Å². The Morgan fingerprint density at radius 1 is 1.03 bits per heavy atom. The summed E-state index contributed by atoms with van der Waals surface area (Å²) in [6.07, 6.45) is -9.44. The van der Waals surface area contributed by atoms with Crippen molar-refractivity contribution in [3.8, 4) is 0 Å². The summed E-state index contributed by atoms with van der Waals surface area (Å²) in [6, 6.07) is 2.80. The van der Waals surface area contributed by atoms with Crippen LogP contribution in [-0.2, 0) is 19.1 Å². The molecule has 2 saturated heterocycles. The van der Waals surface area contributed by atoms with Crippen molar-refractivity contribution in [2.45, 2.75) is 49.6 Å². The first kappa shape index (κ1) is 22.0. The second kappa shape index (κ2) is 8.03. The summed E-state index contributed by atoms with van der Waals surface area (Å²) in [4.78, 5) is 62.7. The Bertz CT molecular complexity index is 1030. The summed E-state index contributed by atoms with van der Waals surface area (Å²) in [5.41, 5.74) is -0.424. The molecule has 3 aliphatic rings. The van der Waals surface area contributed by atoms with Crippen LogP contribution in [-0.4, -0.2) is 91.6 Å². The van der Waals surface area contributed by atoms with Crippen molar-refractivity contribution in [3.05, 3.63) is 29.3 Å². The molecule has 6 unspecified atom stereocenters. The van der Waals surface area contributed by atoms with Crippen molar-refractivity contribution in [1.29, 1.82) is 0 Å². The zero-order chi connectivity index (χ0) is 23.3. The van der Waals surface area contributed by atoms with E-state index >= 15 is 0 Å². The minimum absolute atomic E-state index is 0.0436. The van der Waals surface area contributed by atoms with E-state index in [0.717, 1.165) is 4.90 Å². The van der Waals surface area contributed by atoms with Gasteiger partial charge in [0, 0.05) is 6.42 Å². The fourth-order valence-electron chi connectivity index (χ4n) is 3.90. The van der Waals surface area contributed by atoms with Gasteiger partial charge in [0.1, 0.15) is 24.4 Å². The average Bonchev–Trinajstić information content (AvgIpc) is 3.00. The summed E-state index contributed by atoms with van der Waals surface area (Å²) < 4.78 is 4.86. The number of ether oxygens (including phenoxy) is 1. The number of hydrogen-bond acceptors (Lipinski definition) is 10. The lowest BCUT2D eigenvalue weighted by Crippen LogP contribution is -2.60. The molecule has 0 aliphatic carbocycles. The van der Waals surface area contributed by atoms with Crippen LogP contribution < -0.4 is 10.6 Å². The SMILES string of the molecule is O=C1CCC(N2C(=O)c3cccc(NC(=O)C4OC(O)C(O)C(O)C4O)c3C2=O)C(=O)N1. The second-order valence-corrected chi connectivity index (χ2v) is 7.58. The van der Waals surface area contributed by atoms with E-state index in [4.69, 9.17) is 4.74 Å². The zero-order valence-electron chi connectivity index (χ0n) is 16.3. The first-order valence-corrected chi connectivity index (χ1v) is 9.65. The molecule has 0 radical (unpaired) electrons. The maximum absolute atomic E-state index is 13.0. The fraction of sp³-hybridized carbons (Fsp3) is 0.421. The molecule has 6 N–H and O–H groups in total. The molecule has 13 nitrogen and oxygen atoms in total. The minimum Gasteiger partial charge on any atom is -0.387 e. The molecule has 1 aromatic rings. The molecule has 5 amide bonds. The van der Waals surface area contributed by atoms with Gasteiger partial charge in [-0.2, -0.15) is 0 Å². The number of imide groups is 2. The number of nitrogens with zero attached hydrogens (tertiary/aromatic N) is 1. The summed E-state index contributed by atoms with van der Waals surface area (Å²) in [6.45, 7) is 0. The number of carbonyl (C=O) groups is 5. The normalized spacial score (nSPS) is 32.6. The molecule has 6 atom stereocenters. The van der Waals surface area contributed by atoms with Crippen molar-refractivity contribution < 1.29 is 49.1 Å². The van der Waals surface area contributed by atoms with Crippen LogP contribution in [0, 0.1) is 0 Å². The van der Waals surface area contributed by atoms with Gasteiger partial charge in [0.25, 0.3) is 17.7 Å². The molecule has 0 bridgehead atoms. The Labute approximate surface area is 179 Å². The van der Waals surface area contributed by atoms with Gasteiger partial charge in [0.2, 0.25) is 11.8 Å². The van der Waals surface area contributed by atoms with Crippen LogP contribution in [0.4, 0.5) is 5.69 Å². The van der Waals surface area contributed by atoms with E-state index in [1.165, 1.54) is 18.2 Å². The maximum Gasteiger partial charge on any atom is 0.264 e. The molecule has 32 heavy (non-hydrogen) atoms. The second-order valence-electron chi connectivity index (χ2n) is 7.58.